The van der Waals surface area contributed by atoms with Crippen LogP contribution >= 0.6 is 11.8 Å². The predicted octanol–water partition coefficient (Wildman–Crippen LogP) is 5.11. The maximum Gasteiger partial charge on any atom is 0.266 e. The van der Waals surface area contributed by atoms with Gasteiger partial charge in [-0.3, -0.25) is 9.69 Å². The number of hydrogen-bond donors (Lipinski definition) is 0. The summed E-state index contributed by atoms with van der Waals surface area (Å²) < 4.78 is 11.4. The topological polar surface area (TPSA) is 51.1 Å². The van der Waals surface area contributed by atoms with Gasteiger partial charge in [-0.2, -0.15) is 0 Å². The Kier molecular flexibility index (Phi) is 6.76. The molecule has 1 saturated heterocycles. The Bertz CT molecular complexity index is 894. The van der Waals surface area contributed by atoms with Crippen LogP contribution in [0.5, 0.6) is 11.5 Å². The van der Waals surface area contributed by atoms with Gasteiger partial charge in [-0.05, 0) is 61.0 Å². The van der Waals surface area contributed by atoms with Crippen molar-refractivity contribution < 1.29 is 14.3 Å². The number of likely N-dealkylation sites (N-methyl/N-ethyl adjacent to an activating group) is 1. The number of carbonyl (C=O) groups is 1. The minimum atomic E-state index is -0.0658. The highest BCUT2D eigenvalue weighted by molar-refractivity contribution is 8.18. The van der Waals surface area contributed by atoms with Crippen molar-refractivity contribution in [3.05, 3.63) is 59.0 Å². The lowest BCUT2D eigenvalue weighted by Crippen LogP contribution is -2.23. The number of carbonyl (C=O) groups excluding carboxylic acids is 1. The molecule has 0 bridgehead atoms. The molecule has 1 aliphatic heterocycles. The van der Waals surface area contributed by atoms with E-state index in [1.165, 1.54) is 11.8 Å². The van der Waals surface area contributed by atoms with Gasteiger partial charge in [0.2, 0.25) is 0 Å². The van der Waals surface area contributed by atoms with E-state index >= 15 is 0 Å². The highest BCUT2D eigenvalue weighted by Crippen LogP contribution is 2.35. The number of rotatable bonds is 7. The van der Waals surface area contributed by atoms with Crippen LogP contribution in [-0.4, -0.2) is 36.2 Å². The number of amides is 1. The Balaban J connectivity index is 1.85. The highest BCUT2D eigenvalue weighted by atomic mass is 32.2. The second-order valence-corrected chi connectivity index (χ2v) is 7.20. The van der Waals surface area contributed by atoms with E-state index in [-0.39, 0.29) is 5.91 Å². The van der Waals surface area contributed by atoms with Crippen LogP contribution in [0.25, 0.3) is 6.08 Å². The monoisotopic (exact) mass is 396 g/mol. The zero-order valence-electron chi connectivity index (χ0n) is 16.3. The fraction of sp³-hybridized carbons (Fsp3) is 0.273. The van der Waals surface area contributed by atoms with E-state index in [1.54, 1.807) is 11.9 Å². The first-order valence-electron chi connectivity index (χ1n) is 9.33. The van der Waals surface area contributed by atoms with Crippen LogP contribution in [0.4, 0.5) is 5.69 Å². The molecule has 0 saturated carbocycles. The molecule has 0 aliphatic carbocycles. The average molecular weight is 397 g/mol. The summed E-state index contributed by atoms with van der Waals surface area (Å²) in [5, 5.41) is 0.662. The average Bonchev–Trinajstić information content (AvgIpc) is 2.96. The zero-order chi connectivity index (χ0) is 19.9. The van der Waals surface area contributed by atoms with E-state index in [0.29, 0.717) is 29.0 Å². The van der Waals surface area contributed by atoms with E-state index in [2.05, 4.69) is 11.9 Å². The number of aliphatic imine (C=N–C) groups is 1. The molecule has 0 aromatic heterocycles. The second kappa shape index (κ2) is 9.46. The summed E-state index contributed by atoms with van der Waals surface area (Å²) in [4.78, 5) is 19.4. The third-order valence-corrected chi connectivity index (χ3v) is 5.07. The van der Waals surface area contributed by atoms with E-state index in [4.69, 9.17) is 9.47 Å². The van der Waals surface area contributed by atoms with Crippen LogP contribution < -0.4 is 9.47 Å². The van der Waals surface area contributed by atoms with Gasteiger partial charge in [-0.15, -0.1) is 0 Å². The molecule has 146 valence electrons. The van der Waals surface area contributed by atoms with Gasteiger partial charge in [-0.25, -0.2) is 4.99 Å². The van der Waals surface area contributed by atoms with Crippen LogP contribution in [0.15, 0.2) is 58.4 Å². The Hall–Kier alpha value is -2.73. The molecule has 0 spiro atoms. The lowest BCUT2D eigenvalue weighted by Gasteiger charge is -2.12. The van der Waals surface area contributed by atoms with Gasteiger partial charge in [-0.1, -0.05) is 31.2 Å². The molecule has 1 amide bonds. The van der Waals surface area contributed by atoms with Crippen molar-refractivity contribution in [3.8, 4) is 11.5 Å². The summed E-state index contributed by atoms with van der Waals surface area (Å²) >= 11 is 1.37. The molecule has 0 unspecified atom stereocenters. The maximum atomic E-state index is 12.6. The van der Waals surface area contributed by atoms with Crippen LogP contribution in [0, 0.1) is 0 Å². The number of nitrogens with zero attached hydrogens (tertiary/aromatic N) is 2. The van der Waals surface area contributed by atoms with Gasteiger partial charge in [0.25, 0.3) is 5.91 Å². The molecule has 3 rings (SSSR count). The first kappa shape index (κ1) is 20.0. The fourth-order valence-corrected chi connectivity index (χ4v) is 3.62. The Morgan fingerprint density at radius 3 is 2.57 bits per heavy atom. The van der Waals surface area contributed by atoms with Gasteiger partial charge < -0.3 is 9.47 Å². The number of ether oxygens (including phenoxy) is 2. The molecule has 28 heavy (non-hydrogen) atoms. The largest absolute Gasteiger partial charge is 0.490 e. The van der Waals surface area contributed by atoms with Crippen molar-refractivity contribution in [3.63, 3.8) is 0 Å². The van der Waals surface area contributed by atoms with Crippen LogP contribution in [-0.2, 0) is 4.79 Å². The molecule has 1 aliphatic rings. The zero-order valence-corrected chi connectivity index (χ0v) is 17.2. The molecule has 0 atom stereocenters. The molecule has 0 radical (unpaired) electrons. The number of hydrogen-bond acceptors (Lipinski definition) is 5. The molecule has 2 aromatic carbocycles. The van der Waals surface area contributed by atoms with Crippen molar-refractivity contribution >= 4 is 34.6 Å². The van der Waals surface area contributed by atoms with Gasteiger partial charge in [0.1, 0.15) is 0 Å². The molecular formula is C22H24N2O3S. The summed E-state index contributed by atoms with van der Waals surface area (Å²) in [6.45, 7) is 5.19. The van der Waals surface area contributed by atoms with Crippen molar-refractivity contribution in [2.45, 2.75) is 20.3 Å². The lowest BCUT2D eigenvalue weighted by atomic mass is 10.2. The predicted molar refractivity (Wildman–Crippen MR) is 115 cm³/mol. The summed E-state index contributed by atoms with van der Waals surface area (Å²) in [7, 11) is 1.74. The van der Waals surface area contributed by atoms with Crippen molar-refractivity contribution in [2.24, 2.45) is 4.99 Å². The number of benzene rings is 2. The maximum absolute atomic E-state index is 12.6. The van der Waals surface area contributed by atoms with Crippen LogP contribution in [0.1, 0.15) is 25.8 Å². The first-order valence-corrected chi connectivity index (χ1v) is 10.1. The van der Waals surface area contributed by atoms with Gasteiger partial charge in [0.05, 0.1) is 23.8 Å². The van der Waals surface area contributed by atoms with E-state index in [0.717, 1.165) is 23.4 Å². The number of thioether (sulfide) groups is 1. The second-order valence-electron chi connectivity index (χ2n) is 6.19. The summed E-state index contributed by atoms with van der Waals surface area (Å²) in [6.07, 6.45) is 2.79. The normalized spacial score (nSPS) is 16.8. The van der Waals surface area contributed by atoms with Crippen molar-refractivity contribution in [2.75, 3.05) is 20.3 Å². The summed E-state index contributed by atoms with van der Waals surface area (Å²) in [5.41, 5.74) is 1.71. The lowest BCUT2D eigenvalue weighted by molar-refractivity contribution is -0.121. The summed E-state index contributed by atoms with van der Waals surface area (Å²) in [5.74, 6) is 1.34. The highest BCUT2D eigenvalue weighted by Gasteiger charge is 2.30. The molecular weight excluding hydrogens is 372 g/mol. The Morgan fingerprint density at radius 1 is 1.07 bits per heavy atom. The molecule has 6 heteroatoms. The third kappa shape index (κ3) is 4.75. The van der Waals surface area contributed by atoms with E-state index in [9.17, 15) is 4.79 Å². The smallest absolute Gasteiger partial charge is 0.266 e. The minimum Gasteiger partial charge on any atom is -0.490 e. The standard InChI is InChI=1S/C22H24N2O3S/c1-4-13-27-18-12-11-16(14-19(18)26-5-2)15-20-21(25)24(3)22(28-20)23-17-9-7-6-8-10-17/h6-12,14-15H,4-5,13H2,1-3H3/b20-15-,23-22?. The molecule has 1 fully saturated rings. The van der Waals surface area contributed by atoms with Gasteiger partial charge >= 0.3 is 0 Å². The quantitative estimate of drug-likeness (QED) is 0.611. The number of para-hydroxylation sites is 1. The van der Waals surface area contributed by atoms with E-state index in [1.807, 2.05) is 61.5 Å². The SMILES string of the molecule is CCCOc1ccc(/C=C2\SC(=Nc3ccccc3)N(C)C2=O)cc1OCC. The van der Waals surface area contributed by atoms with Gasteiger partial charge in [0.15, 0.2) is 16.7 Å². The third-order valence-electron chi connectivity index (χ3n) is 4.01. The Morgan fingerprint density at radius 2 is 1.86 bits per heavy atom. The molecule has 2 aromatic rings. The van der Waals surface area contributed by atoms with E-state index < -0.39 is 0 Å². The first-order chi connectivity index (χ1) is 13.6. The molecule has 1 heterocycles. The number of amidine groups is 1. The van der Waals surface area contributed by atoms with Crippen LogP contribution in [0.3, 0.4) is 0 Å². The van der Waals surface area contributed by atoms with Gasteiger partial charge in [0, 0.05) is 7.05 Å². The molecule has 5 nitrogen and oxygen atoms in total. The van der Waals surface area contributed by atoms with Crippen molar-refractivity contribution in [1.29, 1.82) is 0 Å². The summed E-state index contributed by atoms with van der Waals surface area (Å²) in [6, 6.07) is 15.3. The Labute approximate surface area is 170 Å². The fourth-order valence-electron chi connectivity index (χ4n) is 2.63. The minimum absolute atomic E-state index is 0.0658. The van der Waals surface area contributed by atoms with Crippen LogP contribution in [0.2, 0.25) is 0 Å². The van der Waals surface area contributed by atoms with Crippen molar-refractivity contribution in [1.82, 2.24) is 4.90 Å². The molecule has 0 N–H and O–H groups in total.